The highest BCUT2D eigenvalue weighted by Gasteiger charge is 2.24. The van der Waals surface area contributed by atoms with Gasteiger partial charge in [0, 0.05) is 18.8 Å². The molecule has 2 heterocycles. The van der Waals surface area contributed by atoms with Crippen molar-refractivity contribution in [2.24, 2.45) is 0 Å². The quantitative estimate of drug-likeness (QED) is 0.948. The predicted octanol–water partition coefficient (Wildman–Crippen LogP) is 2.71. The maximum Gasteiger partial charge on any atom is 0.321 e. The first-order chi connectivity index (χ1) is 10.8. The number of carbonyl (C=O) groups excluding carboxylic acids is 1. The highest BCUT2D eigenvalue weighted by molar-refractivity contribution is 5.89. The number of benzene rings is 1. The van der Waals surface area contributed by atoms with Gasteiger partial charge in [-0.1, -0.05) is 19.1 Å². The number of nitrogens with one attached hydrogen (secondary N) is 1. The van der Waals surface area contributed by atoms with E-state index in [9.17, 15) is 4.79 Å². The van der Waals surface area contributed by atoms with Crippen molar-refractivity contribution in [1.29, 1.82) is 0 Å². The van der Waals surface area contributed by atoms with Crippen LogP contribution in [0.5, 0.6) is 0 Å². The van der Waals surface area contributed by atoms with E-state index in [1.54, 1.807) is 12.7 Å². The summed E-state index contributed by atoms with van der Waals surface area (Å²) in [6.45, 7) is 3.59. The van der Waals surface area contributed by atoms with Crippen molar-refractivity contribution in [3.05, 3.63) is 42.5 Å². The lowest BCUT2D eigenvalue weighted by atomic mass is 10.1. The maximum atomic E-state index is 12.3. The van der Waals surface area contributed by atoms with Gasteiger partial charge in [0.05, 0.1) is 6.04 Å². The Kier molecular flexibility index (Phi) is 4.37. The topological polar surface area (TPSA) is 63.1 Å². The summed E-state index contributed by atoms with van der Waals surface area (Å²) in [7, 11) is 0. The zero-order valence-electron chi connectivity index (χ0n) is 12.8. The number of aromatic nitrogens is 3. The Bertz CT molecular complexity index is 617. The predicted molar refractivity (Wildman–Crippen MR) is 84.7 cm³/mol. The molecule has 2 amide bonds. The summed E-state index contributed by atoms with van der Waals surface area (Å²) >= 11 is 0. The van der Waals surface area contributed by atoms with Crippen LogP contribution in [0.25, 0.3) is 0 Å². The Labute approximate surface area is 130 Å². The van der Waals surface area contributed by atoms with Gasteiger partial charge >= 0.3 is 6.03 Å². The van der Waals surface area contributed by atoms with E-state index in [0.717, 1.165) is 38.0 Å². The lowest BCUT2D eigenvalue weighted by molar-refractivity contribution is 0.180. The second kappa shape index (κ2) is 6.60. The van der Waals surface area contributed by atoms with E-state index in [-0.39, 0.29) is 6.03 Å². The highest BCUT2D eigenvalue weighted by Crippen LogP contribution is 2.22. The number of hydrogen-bond donors (Lipinski definition) is 1. The summed E-state index contributed by atoms with van der Waals surface area (Å²) in [5.74, 6) is 0. The smallest absolute Gasteiger partial charge is 0.321 e. The van der Waals surface area contributed by atoms with Gasteiger partial charge in [0.15, 0.2) is 0 Å². The molecule has 2 aromatic rings. The van der Waals surface area contributed by atoms with Crippen LogP contribution in [-0.2, 0) is 6.42 Å². The average molecular weight is 299 g/mol. The van der Waals surface area contributed by atoms with Crippen molar-refractivity contribution in [2.75, 3.05) is 18.4 Å². The number of nitrogens with zero attached hydrogens (tertiary/aromatic N) is 4. The first-order valence-electron chi connectivity index (χ1n) is 7.75. The minimum absolute atomic E-state index is 0.0229. The van der Waals surface area contributed by atoms with Gasteiger partial charge in [-0.3, -0.25) is 0 Å². The molecule has 1 aromatic heterocycles. The minimum Gasteiger partial charge on any atom is -0.324 e. The average Bonchev–Trinajstić information content (AvgIpc) is 3.09. The molecule has 0 spiro atoms. The lowest BCUT2D eigenvalue weighted by Crippen LogP contribution is -2.41. The Morgan fingerprint density at radius 1 is 1.36 bits per heavy atom. The fourth-order valence-corrected chi connectivity index (χ4v) is 2.81. The zero-order chi connectivity index (χ0) is 15.4. The molecule has 1 fully saturated rings. The van der Waals surface area contributed by atoms with Gasteiger partial charge in [-0.05, 0) is 37.0 Å². The molecule has 0 unspecified atom stereocenters. The molecule has 1 aliphatic heterocycles. The zero-order valence-corrected chi connectivity index (χ0v) is 12.8. The first kappa shape index (κ1) is 14.6. The van der Waals surface area contributed by atoms with Crippen LogP contribution in [0, 0.1) is 0 Å². The molecule has 0 saturated carbocycles. The highest BCUT2D eigenvalue weighted by atomic mass is 16.2. The number of likely N-dealkylation sites (tertiary alicyclic amines) is 1. The molecule has 1 N–H and O–H groups in total. The fraction of sp³-hybridized carbons (Fsp3) is 0.438. The molecular weight excluding hydrogens is 278 g/mol. The third-order valence-corrected chi connectivity index (χ3v) is 4.15. The van der Waals surface area contributed by atoms with E-state index < -0.39 is 0 Å². The summed E-state index contributed by atoms with van der Waals surface area (Å²) in [5.41, 5.74) is 2.09. The molecule has 0 atom stereocenters. The molecule has 6 heteroatoms. The van der Waals surface area contributed by atoms with Crippen LogP contribution in [0.3, 0.4) is 0 Å². The van der Waals surface area contributed by atoms with E-state index >= 15 is 0 Å². The van der Waals surface area contributed by atoms with Crippen molar-refractivity contribution in [2.45, 2.75) is 32.2 Å². The number of rotatable bonds is 3. The number of anilines is 1. The van der Waals surface area contributed by atoms with Gasteiger partial charge in [-0.2, -0.15) is 5.10 Å². The molecule has 0 bridgehead atoms. The Balaban J connectivity index is 1.55. The van der Waals surface area contributed by atoms with Crippen LogP contribution in [0.2, 0.25) is 0 Å². The van der Waals surface area contributed by atoms with Crippen molar-refractivity contribution < 1.29 is 4.79 Å². The minimum atomic E-state index is -0.0229. The molecule has 22 heavy (non-hydrogen) atoms. The van der Waals surface area contributed by atoms with Crippen molar-refractivity contribution >= 4 is 11.7 Å². The molecule has 116 valence electrons. The van der Waals surface area contributed by atoms with Crippen LogP contribution < -0.4 is 5.32 Å². The lowest BCUT2D eigenvalue weighted by Gasteiger charge is -2.31. The summed E-state index contributed by atoms with van der Waals surface area (Å²) in [5, 5.41) is 7.17. The van der Waals surface area contributed by atoms with Crippen molar-refractivity contribution in [3.8, 4) is 0 Å². The number of hydrogen-bond acceptors (Lipinski definition) is 3. The van der Waals surface area contributed by atoms with Gasteiger partial charge in [0.2, 0.25) is 0 Å². The second-order valence-electron chi connectivity index (χ2n) is 5.58. The molecule has 1 saturated heterocycles. The molecule has 0 radical (unpaired) electrons. The number of piperidine rings is 1. The SMILES string of the molecule is CCc1cccc(NC(=O)N2CCC(n3cncn3)CC2)c1. The van der Waals surface area contributed by atoms with E-state index in [0.29, 0.717) is 6.04 Å². The Morgan fingerprint density at radius 3 is 2.86 bits per heavy atom. The van der Waals surface area contributed by atoms with Crippen LogP contribution in [0.1, 0.15) is 31.4 Å². The summed E-state index contributed by atoms with van der Waals surface area (Å²) in [6.07, 6.45) is 6.08. The summed E-state index contributed by atoms with van der Waals surface area (Å²) in [4.78, 5) is 18.2. The number of urea groups is 1. The molecule has 1 aliphatic rings. The first-order valence-corrected chi connectivity index (χ1v) is 7.75. The van der Waals surface area contributed by atoms with Gasteiger partial charge < -0.3 is 10.2 Å². The molecule has 0 aliphatic carbocycles. The summed E-state index contributed by atoms with van der Waals surface area (Å²) in [6, 6.07) is 8.32. The van der Waals surface area contributed by atoms with E-state index in [1.165, 1.54) is 5.56 Å². The second-order valence-corrected chi connectivity index (χ2v) is 5.58. The third kappa shape index (κ3) is 3.27. The van der Waals surface area contributed by atoms with Gasteiger partial charge in [-0.15, -0.1) is 0 Å². The summed E-state index contributed by atoms with van der Waals surface area (Å²) < 4.78 is 1.89. The fourth-order valence-electron chi connectivity index (χ4n) is 2.81. The number of aryl methyl sites for hydroxylation is 1. The maximum absolute atomic E-state index is 12.3. The van der Waals surface area contributed by atoms with Crippen LogP contribution >= 0.6 is 0 Å². The Morgan fingerprint density at radius 2 is 2.18 bits per heavy atom. The number of amides is 2. The van der Waals surface area contributed by atoms with Gasteiger partial charge in [-0.25, -0.2) is 14.5 Å². The standard InChI is InChI=1S/C16H21N5O/c1-2-13-4-3-5-14(10-13)19-16(22)20-8-6-15(7-9-20)21-12-17-11-18-21/h3-5,10-12,15H,2,6-9H2,1H3,(H,19,22). The largest absolute Gasteiger partial charge is 0.324 e. The molecule has 3 rings (SSSR count). The van der Waals surface area contributed by atoms with Crippen molar-refractivity contribution in [3.63, 3.8) is 0 Å². The monoisotopic (exact) mass is 299 g/mol. The molecule has 1 aromatic carbocycles. The van der Waals surface area contributed by atoms with Crippen molar-refractivity contribution in [1.82, 2.24) is 19.7 Å². The number of carbonyl (C=O) groups is 1. The van der Waals surface area contributed by atoms with Crippen LogP contribution in [0.15, 0.2) is 36.9 Å². The normalized spacial score (nSPS) is 15.8. The van der Waals surface area contributed by atoms with Crippen LogP contribution in [0.4, 0.5) is 10.5 Å². The third-order valence-electron chi connectivity index (χ3n) is 4.15. The molecular formula is C16H21N5O. The Hall–Kier alpha value is -2.37. The molecule has 6 nitrogen and oxygen atoms in total. The van der Waals surface area contributed by atoms with Gasteiger partial charge in [0.1, 0.15) is 12.7 Å². The van der Waals surface area contributed by atoms with E-state index in [1.807, 2.05) is 27.8 Å². The van der Waals surface area contributed by atoms with E-state index in [2.05, 4.69) is 28.4 Å². The van der Waals surface area contributed by atoms with E-state index in [4.69, 9.17) is 0 Å². The van der Waals surface area contributed by atoms with Gasteiger partial charge in [0.25, 0.3) is 0 Å². The van der Waals surface area contributed by atoms with Crippen LogP contribution in [-0.4, -0.2) is 38.8 Å².